The SMILES string of the molecule is O=C(Nc1ncc[nH]1)C1COCCO1. The molecular formula is C8H11N3O3. The molecule has 0 spiro atoms. The number of aromatic amines is 1. The van der Waals surface area contributed by atoms with E-state index in [4.69, 9.17) is 9.47 Å². The largest absolute Gasteiger partial charge is 0.376 e. The van der Waals surface area contributed by atoms with Crippen molar-refractivity contribution in [2.75, 3.05) is 25.1 Å². The van der Waals surface area contributed by atoms with Crippen molar-refractivity contribution in [3.8, 4) is 0 Å². The van der Waals surface area contributed by atoms with Gasteiger partial charge in [-0.25, -0.2) is 4.98 Å². The molecule has 1 aliphatic rings. The van der Waals surface area contributed by atoms with Crippen molar-refractivity contribution in [2.45, 2.75) is 6.10 Å². The topological polar surface area (TPSA) is 76.2 Å². The molecule has 0 aliphatic carbocycles. The summed E-state index contributed by atoms with van der Waals surface area (Å²) in [6, 6.07) is 0. The molecule has 1 unspecified atom stereocenters. The van der Waals surface area contributed by atoms with E-state index in [1.807, 2.05) is 0 Å². The van der Waals surface area contributed by atoms with Crippen LogP contribution in [-0.2, 0) is 14.3 Å². The molecule has 14 heavy (non-hydrogen) atoms. The molecule has 1 amide bonds. The van der Waals surface area contributed by atoms with Gasteiger partial charge in [-0.05, 0) is 0 Å². The third-order valence-corrected chi connectivity index (χ3v) is 1.85. The van der Waals surface area contributed by atoms with Gasteiger partial charge in [-0.2, -0.15) is 0 Å². The van der Waals surface area contributed by atoms with Crippen LogP contribution in [-0.4, -0.2) is 41.8 Å². The number of hydrogen-bond donors (Lipinski definition) is 2. The Balaban J connectivity index is 1.88. The van der Waals surface area contributed by atoms with Gasteiger partial charge >= 0.3 is 0 Å². The molecule has 2 heterocycles. The van der Waals surface area contributed by atoms with Crippen molar-refractivity contribution in [1.82, 2.24) is 9.97 Å². The summed E-state index contributed by atoms with van der Waals surface area (Å²) in [5.74, 6) is 0.184. The lowest BCUT2D eigenvalue weighted by Gasteiger charge is -2.21. The highest BCUT2D eigenvalue weighted by Crippen LogP contribution is 2.04. The first kappa shape index (κ1) is 9.17. The highest BCUT2D eigenvalue weighted by molar-refractivity contribution is 5.92. The Hall–Kier alpha value is -1.40. The third-order valence-electron chi connectivity index (χ3n) is 1.85. The molecule has 1 aliphatic heterocycles. The Morgan fingerprint density at radius 2 is 2.57 bits per heavy atom. The highest BCUT2D eigenvalue weighted by atomic mass is 16.6. The van der Waals surface area contributed by atoms with Crippen molar-refractivity contribution < 1.29 is 14.3 Å². The van der Waals surface area contributed by atoms with Crippen LogP contribution in [0.1, 0.15) is 0 Å². The highest BCUT2D eigenvalue weighted by Gasteiger charge is 2.22. The fraction of sp³-hybridized carbons (Fsp3) is 0.500. The number of hydrogen-bond acceptors (Lipinski definition) is 4. The minimum Gasteiger partial charge on any atom is -0.376 e. The molecule has 1 aromatic heterocycles. The van der Waals surface area contributed by atoms with Crippen molar-refractivity contribution in [1.29, 1.82) is 0 Å². The van der Waals surface area contributed by atoms with Gasteiger partial charge in [0.1, 0.15) is 0 Å². The zero-order chi connectivity index (χ0) is 9.80. The summed E-state index contributed by atoms with van der Waals surface area (Å²) < 4.78 is 10.3. The van der Waals surface area contributed by atoms with E-state index in [9.17, 15) is 4.79 Å². The van der Waals surface area contributed by atoms with E-state index >= 15 is 0 Å². The van der Waals surface area contributed by atoms with Gasteiger partial charge in [0.2, 0.25) is 5.95 Å². The van der Waals surface area contributed by atoms with Crippen molar-refractivity contribution in [3.63, 3.8) is 0 Å². The minimum atomic E-state index is -0.533. The Labute approximate surface area is 80.6 Å². The van der Waals surface area contributed by atoms with Gasteiger partial charge in [0.25, 0.3) is 5.91 Å². The summed E-state index contributed by atoms with van der Waals surface area (Å²) in [6.07, 6.45) is 2.66. The summed E-state index contributed by atoms with van der Waals surface area (Å²) in [7, 11) is 0. The second-order valence-electron chi connectivity index (χ2n) is 2.86. The summed E-state index contributed by atoms with van der Waals surface area (Å²) >= 11 is 0. The third kappa shape index (κ3) is 2.09. The molecule has 2 rings (SSSR count). The molecule has 1 saturated heterocycles. The van der Waals surface area contributed by atoms with Crippen molar-refractivity contribution in [3.05, 3.63) is 12.4 Å². The molecule has 0 aromatic carbocycles. The monoisotopic (exact) mass is 197 g/mol. The van der Waals surface area contributed by atoms with Gasteiger partial charge in [-0.15, -0.1) is 0 Å². The van der Waals surface area contributed by atoms with E-state index in [1.54, 1.807) is 12.4 Å². The maximum absolute atomic E-state index is 11.5. The number of H-pyrrole nitrogens is 1. The summed E-state index contributed by atoms with van der Waals surface area (Å²) in [6.45, 7) is 1.30. The zero-order valence-electron chi connectivity index (χ0n) is 7.53. The predicted octanol–water partition coefficient (Wildman–Crippen LogP) is -0.236. The molecule has 0 radical (unpaired) electrons. The van der Waals surface area contributed by atoms with Crippen LogP contribution >= 0.6 is 0 Å². The van der Waals surface area contributed by atoms with E-state index in [0.29, 0.717) is 25.8 Å². The molecule has 2 N–H and O–H groups in total. The summed E-state index contributed by atoms with van der Waals surface area (Å²) in [4.78, 5) is 18.1. The van der Waals surface area contributed by atoms with Crippen LogP contribution in [0.5, 0.6) is 0 Å². The second kappa shape index (κ2) is 4.21. The Morgan fingerprint density at radius 1 is 1.64 bits per heavy atom. The number of aromatic nitrogens is 2. The van der Waals surface area contributed by atoms with Crippen LogP contribution in [0.25, 0.3) is 0 Å². The lowest BCUT2D eigenvalue weighted by molar-refractivity contribution is -0.142. The van der Waals surface area contributed by atoms with Gasteiger partial charge in [0.15, 0.2) is 6.10 Å². The van der Waals surface area contributed by atoms with Crippen LogP contribution in [0, 0.1) is 0 Å². The molecule has 1 fully saturated rings. The Morgan fingerprint density at radius 3 is 3.21 bits per heavy atom. The van der Waals surface area contributed by atoms with Gasteiger partial charge in [0.05, 0.1) is 19.8 Å². The fourth-order valence-corrected chi connectivity index (χ4v) is 1.17. The normalized spacial score (nSPS) is 21.9. The number of anilines is 1. The molecule has 0 saturated carbocycles. The maximum Gasteiger partial charge on any atom is 0.258 e. The van der Waals surface area contributed by atoms with Gasteiger partial charge in [-0.1, -0.05) is 0 Å². The average molecular weight is 197 g/mol. The second-order valence-corrected chi connectivity index (χ2v) is 2.86. The number of amides is 1. The maximum atomic E-state index is 11.5. The number of carbonyl (C=O) groups is 1. The van der Waals surface area contributed by atoms with E-state index in [-0.39, 0.29) is 5.91 Å². The first-order valence-corrected chi connectivity index (χ1v) is 4.36. The number of nitrogens with one attached hydrogen (secondary N) is 2. The fourth-order valence-electron chi connectivity index (χ4n) is 1.17. The minimum absolute atomic E-state index is 0.236. The van der Waals surface area contributed by atoms with Crippen LogP contribution in [0.4, 0.5) is 5.95 Å². The van der Waals surface area contributed by atoms with Gasteiger partial charge in [0, 0.05) is 12.4 Å². The zero-order valence-corrected chi connectivity index (χ0v) is 7.53. The molecule has 0 bridgehead atoms. The Bertz CT molecular complexity index is 293. The van der Waals surface area contributed by atoms with E-state index in [1.165, 1.54) is 0 Å². The smallest absolute Gasteiger partial charge is 0.258 e. The van der Waals surface area contributed by atoms with Crippen LogP contribution in [0.2, 0.25) is 0 Å². The number of nitrogens with zero attached hydrogens (tertiary/aromatic N) is 1. The van der Waals surface area contributed by atoms with Crippen LogP contribution in [0.15, 0.2) is 12.4 Å². The molecule has 1 atom stereocenters. The van der Waals surface area contributed by atoms with Crippen LogP contribution in [0.3, 0.4) is 0 Å². The van der Waals surface area contributed by atoms with E-state index in [2.05, 4.69) is 15.3 Å². The summed E-state index contributed by atoms with van der Waals surface area (Å²) in [5, 5.41) is 2.58. The molecule has 76 valence electrons. The molecule has 1 aromatic rings. The quantitative estimate of drug-likeness (QED) is 0.686. The van der Waals surface area contributed by atoms with Crippen LogP contribution < -0.4 is 5.32 Å². The standard InChI is InChI=1S/C8H11N3O3/c12-7(6-5-13-3-4-14-6)11-8-9-1-2-10-8/h1-2,6H,3-5H2,(H2,9,10,11,12). The summed E-state index contributed by atoms with van der Waals surface area (Å²) in [5.41, 5.74) is 0. The van der Waals surface area contributed by atoms with Crippen molar-refractivity contribution in [2.24, 2.45) is 0 Å². The molecular weight excluding hydrogens is 186 g/mol. The van der Waals surface area contributed by atoms with Gasteiger partial charge < -0.3 is 14.5 Å². The first-order chi connectivity index (χ1) is 6.86. The van der Waals surface area contributed by atoms with Crippen molar-refractivity contribution >= 4 is 11.9 Å². The van der Waals surface area contributed by atoms with E-state index < -0.39 is 6.10 Å². The number of carbonyl (C=O) groups excluding carboxylic acids is 1. The molecule has 6 heteroatoms. The predicted molar refractivity (Wildman–Crippen MR) is 47.8 cm³/mol. The number of rotatable bonds is 2. The average Bonchev–Trinajstić information content (AvgIpc) is 2.72. The first-order valence-electron chi connectivity index (χ1n) is 4.36. The Kier molecular flexibility index (Phi) is 2.76. The van der Waals surface area contributed by atoms with Gasteiger partial charge in [-0.3, -0.25) is 10.1 Å². The lowest BCUT2D eigenvalue weighted by atomic mass is 10.3. The molecule has 6 nitrogen and oxygen atoms in total. The van der Waals surface area contributed by atoms with E-state index in [0.717, 1.165) is 0 Å². The number of ether oxygens (including phenoxy) is 2. The number of imidazole rings is 1. The lowest BCUT2D eigenvalue weighted by Crippen LogP contribution is -2.39.